The Hall–Kier alpha value is -3.90. The van der Waals surface area contributed by atoms with Crippen molar-refractivity contribution in [2.45, 2.75) is 63.0 Å². The van der Waals surface area contributed by atoms with Crippen molar-refractivity contribution in [2.75, 3.05) is 11.9 Å². The zero-order chi connectivity index (χ0) is 28.8. The molecular weight excluding hydrogens is 562 g/mol. The van der Waals surface area contributed by atoms with Gasteiger partial charge >= 0.3 is 5.97 Å². The van der Waals surface area contributed by atoms with Gasteiger partial charge in [-0.05, 0) is 62.8 Å². The molecule has 2 N–H and O–H groups in total. The van der Waals surface area contributed by atoms with Crippen molar-refractivity contribution in [3.63, 3.8) is 0 Å². The van der Waals surface area contributed by atoms with Gasteiger partial charge in [0.15, 0.2) is 16.7 Å². The summed E-state index contributed by atoms with van der Waals surface area (Å²) in [5, 5.41) is 15.0. The third kappa shape index (κ3) is 6.71. The van der Waals surface area contributed by atoms with E-state index in [0.29, 0.717) is 28.1 Å². The number of esters is 1. The van der Waals surface area contributed by atoms with E-state index < -0.39 is 11.2 Å². The van der Waals surface area contributed by atoms with Crippen LogP contribution in [0.1, 0.15) is 63.0 Å². The lowest BCUT2D eigenvalue weighted by Gasteiger charge is -2.14. The van der Waals surface area contributed by atoms with Gasteiger partial charge in [0.2, 0.25) is 5.91 Å². The van der Waals surface area contributed by atoms with Crippen molar-refractivity contribution >= 4 is 45.9 Å². The molecule has 3 heterocycles. The average molecular weight is 594 g/mol. The molecule has 4 aromatic rings. The first-order chi connectivity index (χ1) is 19.9. The minimum Gasteiger partial charge on any atom is -0.462 e. The standard InChI is InChI=1S/C29H31N5O5S2/c1-3-38-28(37)24-20-11-7-13-22(20)41-27(24)31-25(35)18(2)40-29-33-32-23(17-30-26(36)21-12-8-16-39-21)34(29)15-14-19-9-5-4-6-10-19/h4-6,8-10,12,16,18H,3,7,11,13-15,17H2,1-2H3,(H,30,36)(H,31,35). The zero-order valence-corrected chi connectivity index (χ0v) is 24.5. The molecule has 1 aromatic carbocycles. The maximum Gasteiger partial charge on any atom is 0.341 e. The number of thioether (sulfide) groups is 1. The Labute approximate surface area is 245 Å². The molecule has 12 heteroatoms. The molecule has 2 amide bonds. The third-order valence-corrected chi connectivity index (χ3v) is 8.99. The maximum absolute atomic E-state index is 13.3. The van der Waals surface area contributed by atoms with Crippen LogP contribution in [0.5, 0.6) is 0 Å². The van der Waals surface area contributed by atoms with Crippen molar-refractivity contribution in [2.24, 2.45) is 0 Å². The first-order valence-corrected chi connectivity index (χ1v) is 15.2. The highest BCUT2D eigenvalue weighted by Crippen LogP contribution is 2.40. The summed E-state index contributed by atoms with van der Waals surface area (Å²) in [5.41, 5.74) is 2.62. The summed E-state index contributed by atoms with van der Waals surface area (Å²) in [6.07, 6.45) is 4.87. The molecule has 1 atom stereocenters. The molecule has 1 unspecified atom stereocenters. The van der Waals surface area contributed by atoms with E-state index in [1.165, 1.54) is 29.4 Å². The lowest BCUT2D eigenvalue weighted by molar-refractivity contribution is -0.115. The van der Waals surface area contributed by atoms with Gasteiger partial charge in [0.25, 0.3) is 5.91 Å². The van der Waals surface area contributed by atoms with E-state index in [9.17, 15) is 14.4 Å². The summed E-state index contributed by atoms with van der Waals surface area (Å²) < 4.78 is 12.4. The Kier molecular flexibility index (Phi) is 9.20. The Balaban J connectivity index is 1.31. The molecule has 5 rings (SSSR count). The lowest BCUT2D eigenvalue weighted by Crippen LogP contribution is -2.25. The molecule has 41 heavy (non-hydrogen) atoms. The number of ether oxygens (including phenoxy) is 1. The molecule has 0 bridgehead atoms. The number of rotatable bonds is 12. The second-order valence-corrected chi connectivity index (χ2v) is 11.9. The van der Waals surface area contributed by atoms with Crippen LogP contribution < -0.4 is 10.6 Å². The van der Waals surface area contributed by atoms with Crippen LogP contribution in [0.3, 0.4) is 0 Å². The van der Waals surface area contributed by atoms with E-state index >= 15 is 0 Å². The fraction of sp³-hybridized carbons (Fsp3) is 0.345. The van der Waals surface area contributed by atoms with Crippen LogP contribution in [-0.2, 0) is 41.9 Å². The van der Waals surface area contributed by atoms with Crippen molar-refractivity contribution < 1.29 is 23.5 Å². The van der Waals surface area contributed by atoms with Crippen LogP contribution in [0.2, 0.25) is 0 Å². The largest absolute Gasteiger partial charge is 0.462 e. The summed E-state index contributed by atoms with van der Waals surface area (Å²) in [6.45, 7) is 4.54. The Morgan fingerprint density at radius 1 is 1.15 bits per heavy atom. The molecular formula is C29H31N5O5S2. The second kappa shape index (κ2) is 13.2. The van der Waals surface area contributed by atoms with E-state index in [1.807, 2.05) is 34.9 Å². The van der Waals surface area contributed by atoms with Gasteiger partial charge in [-0.3, -0.25) is 9.59 Å². The number of benzene rings is 1. The first kappa shape index (κ1) is 28.6. The van der Waals surface area contributed by atoms with E-state index in [1.54, 1.807) is 26.0 Å². The molecule has 0 saturated carbocycles. The summed E-state index contributed by atoms with van der Waals surface area (Å²) >= 11 is 2.73. The normalized spacial score (nSPS) is 13.0. The van der Waals surface area contributed by atoms with Crippen molar-refractivity contribution in [1.82, 2.24) is 20.1 Å². The zero-order valence-electron chi connectivity index (χ0n) is 22.8. The number of nitrogens with zero attached hydrogens (tertiary/aromatic N) is 3. The number of furan rings is 1. The van der Waals surface area contributed by atoms with Crippen LogP contribution in [0.25, 0.3) is 0 Å². The molecule has 0 fully saturated rings. The van der Waals surface area contributed by atoms with Gasteiger partial charge in [-0.15, -0.1) is 21.5 Å². The second-order valence-electron chi connectivity index (χ2n) is 9.48. The topological polar surface area (TPSA) is 128 Å². The fourth-order valence-electron chi connectivity index (χ4n) is 4.64. The molecule has 0 radical (unpaired) electrons. The SMILES string of the molecule is CCOC(=O)c1c(NC(=O)C(C)Sc2nnc(CNC(=O)c3ccco3)n2CCc2ccccc2)sc2c1CCC2. The van der Waals surface area contributed by atoms with Gasteiger partial charge in [-0.25, -0.2) is 4.79 Å². The molecule has 0 saturated heterocycles. The van der Waals surface area contributed by atoms with Crippen molar-refractivity contribution in [1.29, 1.82) is 0 Å². The van der Waals surface area contributed by atoms with Gasteiger partial charge in [-0.2, -0.15) is 0 Å². The van der Waals surface area contributed by atoms with E-state index in [2.05, 4.69) is 20.8 Å². The fourth-order valence-corrected chi connectivity index (χ4v) is 6.81. The smallest absolute Gasteiger partial charge is 0.341 e. The lowest BCUT2D eigenvalue weighted by atomic mass is 10.1. The number of carbonyl (C=O) groups is 3. The quantitative estimate of drug-likeness (QED) is 0.176. The van der Waals surface area contributed by atoms with Crippen LogP contribution in [0.15, 0.2) is 58.3 Å². The van der Waals surface area contributed by atoms with Crippen molar-refractivity contribution in [3.8, 4) is 0 Å². The number of aromatic nitrogens is 3. The van der Waals surface area contributed by atoms with Crippen LogP contribution in [0.4, 0.5) is 5.00 Å². The van der Waals surface area contributed by atoms with E-state index in [0.717, 1.165) is 41.7 Å². The van der Waals surface area contributed by atoms with Gasteiger partial charge in [0, 0.05) is 11.4 Å². The summed E-state index contributed by atoms with van der Waals surface area (Å²) in [6, 6.07) is 13.3. The Bertz CT molecular complexity index is 1510. The Morgan fingerprint density at radius 2 is 1.98 bits per heavy atom. The third-order valence-electron chi connectivity index (χ3n) is 6.70. The number of thiophene rings is 1. The molecule has 1 aliphatic rings. The number of aryl methyl sites for hydroxylation is 2. The van der Waals surface area contributed by atoms with Crippen LogP contribution >= 0.6 is 23.1 Å². The van der Waals surface area contributed by atoms with Crippen LogP contribution in [-0.4, -0.2) is 44.4 Å². The average Bonchev–Trinajstić information content (AvgIpc) is 3.77. The van der Waals surface area contributed by atoms with E-state index in [4.69, 9.17) is 9.15 Å². The molecule has 0 aliphatic heterocycles. The predicted octanol–water partition coefficient (Wildman–Crippen LogP) is 4.89. The Morgan fingerprint density at radius 3 is 2.73 bits per heavy atom. The van der Waals surface area contributed by atoms with E-state index in [-0.39, 0.29) is 30.7 Å². The monoisotopic (exact) mass is 593 g/mol. The number of fused-ring (bicyclic) bond motifs is 1. The summed E-state index contributed by atoms with van der Waals surface area (Å²) in [4.78, 5) is 39.6. The van der Waals surface area contributed by atoms with Crippen molar-refractivity contribution in [3.05, 3.63) is 81.9 Å². The molecule has 3 aromatic heterocycles. The maximum atomic E-state index is 13.3. The number of amides is 2. The number of anilines is 1. The molecule has 214 valence electrons. The first-order valence-electron chi connectivity index (χ1n) is 13.5. The number of nitrogens with one attached hydrogen (secondary N) is 2. The highest BCUT2D eigenvalue weighted by molar-refractivity contribution is 8.00. The van der Waals surface area contributed by atoms with Gasteiger partial charge in [0.1, 0.15) is 5.00 Å². The number of hydrogen-bond donors (Lipinski definition) is 2. The molecule has 0 spiro atoms. The number of carbonyl (C=O) groups excluding carboxylic acids is 3. The predicted molar refractivity (Wildman–Crippen MR) is 156 cm³/mol. The summed E-state index contributed by atoms with van der Waals surface area (Å²) in [5.74, 6) is -0.220. The van der Waals surface area contributed by atoms with Gasteiger partial charge in [-0.1, -0.05) is 42.1 Å². The molecule has 1 aliphatic carbocycles. The van der Waals surface area contributed by atoms with Gasteiger partial charge < -0.3 is 24.4 Å². The summed E-state index contributed by atoms with van der Waals surface area (Å²) in [7, 11) is 0. The minimum absolute atomic E-state index is 0.145. The van der Waals surface area contributed by atoms with Gasteiger partial charge in [0.05, 0.1) is 30.2 Å². The highest BCUT2D eigenvalue weighted by atomic mass is 32.2. The highest BCUT2D eigenvalue weighted by Gasteiger charge is 2.30. The minimum atomic E-state index is -0.535. The number of hydrogen-bond acceptors (Lipinski definition) is 9. The van der Waals surface area contributed by atoms with Crippen LogP contribution in [0, 0.1) is 0 Å². The molecule has 10 nitrogen and oxygen atoms in total.